The van der Waals surface area contributed by atoms with Gasteiger partial charge in [0.05, 0.1) is 12.2 Å². The molecule has 1 saturated heterocycles. The van der Waals surface area contributed by atoms with Gasteiger partial charge in [-0.25, -0.2) is 0 Å². The van der Waals surface area contributed by atoms with Crippen molar-refractivity contribution < 1.29 is 9.84 Å². The quantitative estimate of drug-likeness (QED) is 0.863. The van der Waals surface area contributed by atoms with Crippen LogP contribution in [0.3, 0.4) is 0 Å². The topological polar surface area (TPSA) is 41.5 Å². The standard InChI is InChI=1S/C14H23NO2S/c1-10-8-12(9-11(2)17-10)15-13(5-6-16)14-4-3-7-18-14/h3-4,7,10-13,15-16H,5-6,8-9H2,1-2H3/t10-,11-,13+/m1/s1. The molecule has 0 unspecified atom stereocenters. The largest absolute Gasteiger partial charge is 0.396 e. The summed E-state index contributed by atoms with van der Waals surface area (Å²) in [6.45, 7) is 4.50. The fourth-order valence-electron chi connectivity index (χ4n) is 2.75. The summed E-state index contributed by atoms with van der Waals surface area (Å²) >= 11 is 1.76. The van der Waals surface area contributed by atoms with Crippen LogP contribution in [0.4, 0.5) is 0 Å². The molecule has 102 valence electrons. The highest BCUT2D eigenvalue weighted by molar-refractivity contribution is 7.10. The van der Waals surface area contributed by atoms with Crippen LogP contribution in [0.15, 0.2) is 17.5 Å². The van der Waals surface area contributed by atoms with Gasteiger partial charge in [0.25, 0.3) is 0 Å². The minimum absolute atomic E-state index is 0.226. The molecule has 3 atom stereocenters. The maximum absolute atomic E-state index is 9.21. The van der Waals surface area contributed by atoms with Gasteiger partial charge in [0.2, 0.25) is 0 Å². The van der Waals surface area contributed by atoms with Gasteiger partial charge in [0.15, 0.2) is 0 Å². The van der Waals surface area contributed by atoms with Crippen LogP contribution < -0.4 is 5.32 Å². The fourth-order valence-corrected chi connectivity index (χ4v) is 3.57. The van der Waals surface area contributed by atoms with E-state index in [1.54, 1.807) is 11.3 Å². The second kappa shape index (κ2) is 6.66. The second-order valence-corrected chi connectivity index (χ2v) is 6.15. The predicted molar refractivity (Wildman–Crippen MR) is 74.9 cm³/mol. The fraction of sp³-hybridized carbons (Fsp3) is 0.714. The number of hydrogen-bond donors (Lipinski definition) is 2. The van der Waals surface area contributed by atoms with Gasteiger partial charge >= 0.3 is 0 Å². The summed E-state index contributed by atoms with van der Waals surface area (Å²) in [5.74, 6) is 0. The van der Waals surface area contributed by atoms with Crippen LogP contribution in [0.25, 0.3) is 0 Å². The van der Waals surface area contributed by atoms with Crippen LogP contribution >= 0.6 is 11.3 Å². The molecule has 0 aliphatic carbocycles. The summed E-state index contributed by atoms with van der Waals surface area (Å²) in [6, 6.07) is 4.98. The molecule has 1 fully saturated rings. The van der Waals surface area contributed by atoms with Crippen molar-refractivity contribution in [2.75, 3.05) is 6.61 Å². The second-order valence-electron chi connectivity index (χ2n) is 5.17. The van der Waals surface area contributed by atoms with Gasteiger partial charge < -0.3 is 15.2 Å². The van der Waals surface area contributed by atoms with E-state index in [-0.39, 0.29) is 12.6 Å². The first-order chi connectivity index (χ1) is 8.69. The summed E-state index contributed by atoms with van der Waals surface area (Å²) in [7, 11) is 0. The van der Waals surface area contributed by atoms with Gasteiger partial charge in [0.1, 0.15) is 0 Å². The minimum Gasteiger partial charge on any atom is -0.396 e. The third kappa shape index (κ3) is 3.79. The SMILES string of the molecule is C[C@@H]1CC(N[C@@H](CCO)c2cccs2)C[C@@H](C)O1. The van der Waals surface area contributed by atoms with Crippen LogP contribution in [-0.2, 0) is 4.74 Å². The Morgan fingerprint density at radius 3 is 2.72 bits per heavy atom. The van der Waals surface area contributed by atoms with E-state index in [9.17, 15) is 5.11 Å². The molecule has 1 aromatic heterocycles. The van der Waals surface area contributed by atoms with E-state index in [1.807, 2.05) is 0 Å². The van der Waals surface area contributed by atoms with Crippen molar-refractivity contribution in [3.8, 4) is 0 Å². The molecule has 0 aromatic carbocycles. The average molecular weight is 269 g/mol. The lowest BCUT2D eigenvalue weighted by molar-refractivity contribution is -0.0438. The van der Waals surface area contributed by atoms with Crippen molar-refractivity contribution in [2.45, 2.75) is 57.4 Å². The summed E-state index contributed by atoms with van der Waals surface area (Å²) in [5, 5.41) is 15.0. The molecule has 1 aliphatic heterocycles. The molecule has 3 nitrogen and oxygen atoms in total. The van der Waals surface area contributed by atoms with Gasteiger partial charge in [0, 0.05) is 23.6 Å². The van der Waals surface area contributed by atoms with Crippen LogP contribution in [0.2, 0.25) is 0 Å². The summed E-state index contributed by atoms with van der Waals surface area (Å²) < 4.78 is 5.76. The monoisotopic (exact) mass is 269 g/mol. The Balaban J connectivity index is 1.96. The zero-order chi connectivity index (χ0) is 13.0. The Morgan fingerprint density at radius 1 is 1.44 bits per heavy atom. The van der Waals surface area contributed by atoms with Gasteiger partial charge in [-0.15, -0.1) is 11.3 Å². The molecule has 1 aliphatic rings. The van der Waals surface area contributed by atoms with E-state index < -0.39 is 0 Å². The summed E-state index contributed by atoms with van der Waals surface area (Å²) in [5.41, 5.74) is 0. The van der Waals surface area contributed by atoms with Crippen LogP contribution in [0, 0.1) is 0 Å². The molecule has 2 N–H and O–H groups in total. The maximum atomic E-state index is 9.21. The maximum Gasteiger partial charge on any atom is 0.0565 e. The molecule has 0 radical (unpaired) electrons. The zero-order valence-electron chi connectivity index (χ0n) is 11.1. The van der Waals surface area contributed by atoms with Crippen molar-refractivity contribution in [1.29, 1.82) is 0 Å². The number of ether oxygens (including phenoxy) is 1. The first kappa shape index (κ1) is 14.0. The Hall–Kier alpha value is -0.420. The lowest BCUT2D eigenvalue weighted by Crippen LogP contribution is -2.42. The number of aliphatic hydroxyl groups is 1. The molecular weight excluding hydrogens is 246 g/mol. The lowest BCUT2D eigenvalue weighted by atomic mass is 9.98. The molecule has 1 aromatic rings. The number of nitrogens with one attached hydrogen (secondary N) is 1. The van der Waals surface area contributed by atoms with Crippen molar-refractivity contribution in [2.24, 2.45) is 0 Å². The van der Waals surface area contributed by atoms with Gasteiger partial charge in [-0.1, -0.05) is 6.07 Å². The minimum atomic E-state index is 0.226. The first-order valence-electron chi connectivity index (χ1n) is 6.74. The third-order valence-electron chi connectivity index (χ3n) is 3.44. The van der Waals surface area contributed by atoms with Crippen molar-refractivity contribution in [3.63, 3.8) is 0 Å². The van der Waals surface area contributed by atoms with E-state index in [2.05, 4.69) is 36.7 Å². The molecular formula is C14H23NO2S. The number of rotatable bonds is 5. The molecule has 4 heteroatoms. The normalized spacial score (nSPS) is 30.3. The lowest BCUT2D eigenvalue weighted by Gasteiger charge is -2.34. The Morgan fingerprint density at radius 2 is 2.17 bits per heavy atom. The first-order valence-corrected chi connectivity index (χ1v) is 7.62. The summed E-state index contributed by atoms with van der Waals surface area (Å²) in [6.07, 6.45) is 3.53. The van der Waals surface area contributed by atoms with E-state index in [4.69, 9.17) is 4.74 Å². The Kier molecular flexibility index (Phi) is 5.18. The molecule has 2 heterocycles. The summed E-state index contributed by atoms with van der Waals surface area (Å²) in [4.78, 5) is 1.32. The average Bonchev–Trinajstić information content (AvgIpc) is 2.80. The highest BCUT2D eigenvalue weighted by atomic mass is 32.1. The molecule has 0 saturated carbocycles. The van der Waals surface area contributed by atoms with Gasteiger partial charge in [-0.2, -0.15) is 0 Å². The smallest absolute Gasteiger partial charge is 0.0565 e. The van der Waals surface area contributed by atoms with Crippen LogP contribution in [0.1, 0.15) is 44.0 Å². The molecule has 18 heavy (non-hydrogen) atoms. The highest BCUT2D eigenvalue weighted by Crippen LogP contribution is 2.26. The molecule has 2 rings (SSSR count). The molecule has 0 spiro atoms. The van der Waals surface area contributed by atoms with Crippen molar-refractivity contribution >= 4 is 11.3 Å². The Bertz CT molecular complexity index is 332. The predicted octanol–water partition coefficient (Wildman–Crippen LogP) is 2.72. The Labute approximate surface area is 113 Å². The van der Waals surface area contributed by atoms with Crippen molar-refractivity contribution in [3.05, 3.63) is 22.4 Å². The van der Waals surface area contributed by atoms with Gasteiger partial charge in [-0.05, 0) is 44.6 Å². The van der Waals surface area contributed by atoms with E-state index in [0.29, 0.717) is 18.2 Å². The van der Waals surface area contributed by atoms with Gasteiger partial charge in [-0.3, -0.25) is 0 Å². The number of thiophene rings is 1. The number of aliphatic hydroxyl groups excluding tert-OH is 1. The van der Waals surface area contributed by atoms with E-state index in [0.717, 1.165) is 19.3 Å². The highest BCUT2D eigenvalue weighted by Gasteiger charge is 2.26. The van der Waals surface area contributed by atoms with Crippen molar-refractivity contribution in [1.82, 2.24) is 5.32 Å². The third-order valence-corrected chi connectivity index (χ3v) is 4.42. The van der Waals surface area contributed by atoms with Crippen LogP contribution in [-0.4, -0.2) is 30.0 Å². The molecule has 0 bridgehead atoms. The van der Waals surface area contributed by atoms with E-state index in [1.165, 1.54) is 4.88 Å². The molecule has 0 amide bonds. The van der Waals surface area contributed by atoms with E-state index >= 15 is 0 Å². The zero-order valence-corrected chi connectivity index (χ0v) is 12.0. The number of hydrogen-bond acceptors (Lipinski definition) is 4. The van der Waals surface area contributed by atoms with Crippen LogP contribution in [0.5, 0.6) is 0 Å².